The fourth-order valence-corrected chi connectivity index (χ4v) is 8.13. The topological polar surface area (TPSA) is 200 Å². The minimum absolute atomic E-state index is 0.0253. The molecule has 1 aliphatic carbocycles. The molecular weight excluding hydrogens is 829 g/mol. The number of nitriles is 1. The lowest BCUT2D eigenvalue weighted by Gasteiger charge is -2.29. The molecule has 7 N–H and O–H groups in total. The molecular formula is C50H70N14O2. The highest BCUT2D eigenvalue weighted by molar-refractivity contribution is 5.96. The van der Waals surface area contributed by atoms with Crippen LogP contribution in [-0.2, 0) is 0 Å². The van der Waals surface area contributed by atoms with Gasteiger partial charge in [-0.15, -0.1) is 6.42 Å². The molecule has 2 aromatic heterocycles. The van der Waals surface area contributed by atoms with E-state index in [1.54, 1.807) is 38.4 Å². The third-order valence-electron chi connectivity index (χ3n) is 11.2. The molecule has 4 aromatic rings. The number of hydrogen-bond donors (Lipinski definition) is 7. The number of benzene rings is 2. The Balaban J connectivity index is 0.000000247. The van der Waals surface area contributed by atoms with Crippen LogP contribution < -0.4 is 47.0 Å². The minimum Gasteiger partial charge on any atom is -0.365 e. The van der Waals surface area contributed by atoms with Gasteiger partial charge in [-0.25, -0.2) is 0 Å². The first-order valence-electron chi connectivity index (χ1n) is 22.8. The van der Waals surface area contributed by atoms with Gasteiger partial charge < -0.3 is 47.0 Å². The second kappa shape index (κ2) is 22.0. The molecule has 66 heavy (non-hydrogen) atoms. The van der Waals surface area contributed by atoms with Crippen molar-refractivity contribution in [2.45, 2.75) is 99.6 Å². The van der Waals surface area contributed by atoms with E-state index in [4.69, 9.17) is 26.4 Å². The zero-order chi connectivity index (χ0) is 48.3. The van der Waals surface area contributed by atoms with E-state index in [-0.39, 0.29) is 28.7 Å². The summed E-state index contributed by atoms with van der Waals surface area (Å²) in [6, 6.07) is 13.8. The summed E-state index contributed by atoms with van der Waals surface area (Å²) in [5.74, 6) is 5.78. The van der Waals surface area contributed by atoms with Crippen LogP contribution in [0.5, 0.6) is 0 Å². The van der Waals surface area contributed by atoms with Crippen LogP contribution in [-0.4, -0.2) is 98.2 Å². The summed E-state index contributed by atoms with van der Waals surface area (Å²) in [5, 5.41) is 32.3. The molecule has 2 fully saturated rings. The number of carbonyl (C=O) groups is 2. The summed E-state index contributed by atoms with van der Waals surface area (Å²) in [5.41, 5.74) is 5.62. The maximum absolute atomic E-state index is 12.1. The van der Waals surface area contributed by atoms with Crippen molar-refractivity contribution in [2.24, 2.45) is 10.8 Å². The Morgan fingerprint density at radius 1 is 0.727 bits per heavy atom. The lowest BCUT2D eigenvalue weighted by Crippen LogP contribution is -2.31. The summed E-state index contributed by atoms with van der Waals surface area (Å²) < 4.78 is 0. The molecule has 16 nitrogen and oxygen atoms in total. The molecule has 352 valence electrons. The van der Waals surface area contributed by atoms with Crippen LogP contribution in [0.1, 0.15) is 117 Å². The summed E-state index contributed by atoms with van der Waals surface area (Å²) in [6.07, 6.45) is 11.5. The second-order valence-electron chi connectivity index (χ2n) is 19.7. The molecule has 1 atom stereocenters. The molecule has 3 heterocycles. The predicted molar refractivity (Wildman–Crippen MR) is 269 cm³/mol. The van der Waals surface area contributed by atoms with Gasteiger partial charge in [-0.2, -0.15) is 25.2 Å². The van der Waals surface area contributed by atoms with Gasteiger partial charge in [-0.1, -0.05) is 72.4 Å². The summed E-state index contributed by atoms with van der Waals surface area (Å²) >= 11 is 0. The Kier molecular flexibility index (Phi) is 16.8. The van der Waals surface area contributed by atoms with Crippen LogP contribution in [0.2, 0.25) is 0 Å². The molecule has 16 heteroatoms. The van der Waals surface area contributed by atoms with Crippen molar-refractivity contribution >= 4 is 58.4 Å². The fourth-order valence-electron chi connectivity index (χ4n) is 8.13. The molecule has 0 radical (unpaired) electrons. The van der Waals surface area contributed by atoms with Crippen molar-refractivity contribution in [3.8, 4) is 18.4 Å². The van der Waals surface area contributed by atoms with E-state index in [1.807, 2.05) is 45.0 Å². The van der Waals surface area contributed by atoms with Crippen molar-refractivity contribution in [3.63, 3.8) is 0 Å². The normalized spacial score (nSPS) is 14.8. The first-order chi connectivity index (χ1) is 31.2. The standard InChI is InChI=1S/2C25H35N7O/c1-16-11-12-17(23(33)27-5)13-20(16)29-21-19(14-26)22(32(6)15-25(2,3)4)31-24(30-21)28-18-9-7-8-10-18;1-8-19-21(28-18-11-12-27-14-18)30-24(31-22(19)32(7)15-25(3,4)5)29-20-13-17(23(33)26-6)10-9-16(20)2/h11-13,18H,7-10,15H2,1-6H3,(H,27,33)(H2,28,29,30,31);1,9-10,13,18,27H,11-12,14-15H2,2-7H3,(H,26,33)(H2,28,29,30,31)/t;18-/m.1/s1. The molecule has 2 aromatic carbocycles. The van der Waals surface area contributed by atoms with Crippen LogP contribution in [0, 0.1) is 48.4 Å². The number of aryl methyl sites for hydroxylation is 2. The van der Waals surface area contributed by atoms with E-state index in [1.165, 1.54) is 12.8 Å². The zero-order valence-electron chi connectivity index (χ0n) is 41.0. The van der Waals surface area contributed by atoms with Gasteiger partial charge in [0.05, 0.1) is 0 Å². The quantitative estimate of drug-likeness (QED) is 0.0607. The molecule has 2 amide bonds. The second-order valence-corrected chi connectivity index (χ2v) is 19.7. The number of nitrogens with zero attached hydrogens (tertiary/aromatic N) is 7. The lowest BCUT2D eigenvalue weighted by atomic mass is 9.96. The Hall–Kier alpha value is -6.65. The summed E-state index contributed by atoms with van der Waals surface area (Å²) in [6.45, 7) is 20.2. The van der Waals surface area contributed by atoms with Crippen molar-refractivity contribution < 1.29 is 9.59 Å². The lowest BCUT2D eigenvalue weighted by molar-refractivity contribution is 0.0955. The number of rotatable bonds is 14. The Labute approximate surface area is 392 Å². The Morgan fingerprint density at radius 3 is 1.73 bits per heavy atom. The van der Waals surface area contributed by atoms with E-state index in [0.29, 0.717) is 63.5 Å². The molecule has 1 saturated heterocycles. The molecule has 1 aliphatic heterocycles. The number of amides is 2. The smallest absolute Gasteiger partial charge is 0.251 e. The number of terminal acetylenes is 1. The van der Waals surface area contributed by atoms with Crippen LogP contribution in [0.3, 0.4) is 0 Å². The van der Waals surface area contributed by atoms with Gasteiger partial charge >= 0.3 is 0 Å². The van der Waals surface area contributed by atoms with Gasteiger partial charge in [0, 0.05) is 82.4 Å². The van der Waals surface area contributed by atoms with E-state index in [9.17, 15) is 14.9 Å². The average Bonchev–Trinajstić information content (AvgIpc) is 3.98. The predicted octanol–water partition coefficient (Wildman–Crippen LogP) is 7.72. The van der Waals surface area contributed by atoms with Gasteiger partial charge in [0.1, 0.15) is 23.0 Å². The molecule has 0 unspecified atom stereocenters. The summed E-state index contributed by atoms with van der Waals surface area (Å²) in [4.78, 5) is 47.3. The number of nitrogens with one attached hydrogen (secondary N) is 7. The number of carbonyl (C=O) groups excluding carboxylic acids is 2. The van der Waals surface area contributed by atoms with Crippen LogP contribution in [0.4, 0.5) is 46.5 Å². The van der Waals surface area contributed by atoms with E-state index in [2.05, 4.69) is 95.6 Å². The Bertz CT molecular complexity index is 2410. The van der Waals surface area contributed by atoms with Crippen LogP contribution in [0.15, 0.2) is 36.4 Å². The Morgan fingerprint density at radius 2 is 1.24 bits per heavy atom. The molecule has 0 bridgehead atoms. The highest BCUT2D eigenvalue weighted by atomic mass is 16.2. The monoisotopic (exact) mass is 899 g/mol. The highest BCUT2D eigenvalue weighted by Crippen LogP contribution is 2.33. The SMILES string of the molecule is C#Cc1c(N[C@@H]2CCNC2)nc(Nc2cc(C(=O)NC)ccc2C)nc1N(C)CC(C)(C)C.CNC(=O)c1ccc(C)c(Nc2nc(NC3CCCC3)nc(N(C)CC(C)(C)C)c2C#N)c1. The highest BCUT2D eigenvalue weighted by Gasteiger charge is 2.26. The average molecular weight is 899 g/mol. The number of aromatic nitrogens is 4. The molecule has 6 rings (SSSR count). The fraction of sp³-hybridized carbons (Fsp3) is 0.500. The van der Waals surface area contributed by atoms with Crippen molar-refractivity contribution in [2.75, 3.05) is 85.4 Å². The number of hydrogen-bond acceptors (Lipinski definition) is 14. The zero-order valence-corrected chi connectivity index (χ0v) is 41.0. The third-order valence-corrected chi connectivity index (χ3v) is 11.2. The van der Waals surface area contributed by atoms with Gasteiger partial charge in [0.25, 0.3) is 11.8 Å². The third kappa shape index (κ3) is 13.7. The van der Waals surface area contributed by atoms with Gasteiger partial charge in [-0.05, 0) is 85.9 Å². The summed E-state index contributed by atoms with van der Waals surface area (Å²) in [7, 11) is 7.17. The number of anilines is 8. The van der Waals surface area contributed by atoms with Gasteiger partial charge in [-0.3, -0.25) is 9.59 Å². The molecule has 2 aliphatic rings. The van der Waals surface area contributed by atoms with E-state index in [0.717, 1.165) is 67.9 Å². The van der Waals surface area contributed by atoms with Gasteiger partial charge in [0.15, 0.2) is 17.5 Å². The van der Waals surface area contributed by atoms with Crippen molar-refractivity contribution in [1.82, 2.24) is 35.9 Å². The molecule has 0 spiro atoms. The minimum atomic E-state index is -0.171. The van der Waals surface area contributed by atoms with E-state index < -0.39 is 0 Å². The first-order valence-corrected chi connectivity index (χ1v) is 22.8. The molecule has 1 saturated carbocycles. The van der Waals surface area contributed by atoms with E-state index >= 15 is 0 Å². The van der Waals surface area contributed by atoms with Crippen LogP contribution in [0.25, 0.3) is 0 Å². The van der Waals surface area contributed by atoms with Gasteiger partial charge in [0.2, 0.25) is 11.9 Å². The first kappa shape index (κ1) is 50.4. The maximum Gasteiger partial charge on any atom is 0.251 e. The maximum atomic E-state index is 12.1. The van der Waals surface area contributed by atoms with Crippen molar-refractivity contribution in [3.05, 3.63) is 69.8 Å². The van der Waals surface area contributed by atoms with Crippen LogP contribution >= 0.6 is 0 Å². The van der Waals surface area contributed by atoms with Crippen molar-refractivity contribution in [1.29, 1.82) is 5.26 Å². The largest absolute Gasteiger partial charge is 0.365 e.